The van der Waals surface area contributed by atoms with E-state index in [0.717, 1.165) is 5.56 Å². The molecule has 4 rings (SSSR count). The van der Waals surface area contributed by atoms with Crippen LogP contribution >= 0.6 is 11.6 Å². The molecule has 2 amide bonds. The molecule has 3 aliphatic heterocycles. The van der Waals surface area contributed by atoms with Crippen molar-refractivity contribution < 1.29 is 29.0 Å². The van der Waals surface area contributed by atoms with Crippen molar-refractivity contribution >= 4 is 35.1 Å². The number of amides is 2. The maximum Gasteiger partial charge on any atom is 0.312 e. The van der Waals surface area contributed by atoms with Crippen LogP contribution in [0.4, 0.5) is 5.69 Å². The van der Waals surface area contributed by atoms with Crippen LogP contribution in [0.25, 0.3) is 0 Å². The van der Waals surface area contributed by atoms with Crippen molar-refractivity contribution in [3.8, 4) is 0 Å². The minimum Gasteiger partial charge on any atom is -0.466 e. The number of hydrogen-bond donors (Lipinski definition) is 1. The lowest BCUT2D eigenvalue weighted by atomic mass is 9.65. The molecule has 5 atom stereocenters. The van der Waals surface area contributed by atoms with E-state index in [9.17, 15) is 19.5 Å². The van der Waals surface area contributed by atoms with E-state index in [1.54, 1.807) is 24.0 Å². The molecule has 0 radical (unpaired) electrons. The molecule has 9 heteroatoms. The number of ether oxygens (including phenoxy) is 2. The number of rotatable bonds is 10. The second-order valence-electron chi connectivity index (χ2n) is 9.84. The van der Waals surface area contributed by atoms with Crippen LogP contribution in [0, 0.1) is 18.8 Å². The molecule has 3 heterocycles. The molecule has 1 aromatic rings. The molecule has 3 fully saturated rings. The Kier molecular flexibility index (Phi) is 7.51. The first-order valence-electron chi connectivity index (χ1n) is 12.7. The number of likely N-dealkylation sites (tertiary alicyclic amines) is 1. The number of hydrogen-bond acceptors (Lipinski definition) is 6. The Labute approximate surface area is 217 Å². The zero-order valence-electron chi connectivity index (χ0n) is 21.2. The molecule has 36 heavy (non-hydrogen) atoms. The molecule has 2 bridgehead atoms. The Balaban J connectivity index is 1.84. The lowest BCUT2D eigenvalue weighted by Crippen LogP contribution is -2.56. The highest BCUT2D eigenvalue weighted by molar-refractivity contribution is 6.34. The van der Waals surface area contributed by atoms with E-state index < -0.39 is 35.0 Å². The van der Waals surface area contributed by atoms with E-state index in [0.29, 0.717) is 36.4 Å². The van der Waals surface area contributed by atoms with Crippen molar-refractivity contribution in [2.24, 2.45) is 11.8 Å². The molecule has 0 aromatic heterocycles. The standard InChI is InChI=1S/C27H35ClN2O6/c1-5-14-29(21-17(4)10-8-11-18(21)28)24(33)22-27-13-12-26(6-2,36-27)20(25(34)35-7-3)19(27)23(32)30(22)15-9-16-31/h5,8,10-11,19-20,22,31H,1,6-7,9,12-16H2,2-4H3/t19-,20-,22?,26+,27?/m0/s1. The number of aryl methyl sites for hydroxylation is 1. The van der Waals surface area contributed by atoms with Gasteiger partial charge in [0.05, 0.1) is 28.8 Å². The Morgan fingerprint density at radius 3 is 2.72 bits per heavy atom. The van der Waals surface area contributed by atoms with Crippen LogP contribution in [0.2, 0.25) is 5.02 Å². The summed E-state index contributed by atoms with van der Waals surface area (Å²) in [7, 11) is 0. The van der Waals surface area contributed by atoms with Gasteiger partial charge < -0.3 is 24.4 Å². The molecular weight excluding hydrogens is 484 g/mol. The Bertz CT molecular complexity index is 1040. The first-order valence-corrected chi connectivity index (χ1v) is 13.1. The Morgan fingerprint density at radius 2 is 2.11 bits per heavy atom. The van der Waals surface area contributed by atoms with Gasteiger partial charge in [-0.2, -0.15) is 0 Å². The van der Waals surface area contributed by atoms with Gasteiger partial charge in [-0.15, -0.1) is 6.58 Å². The van der Waals surface area contributed by atoms with Crippen molar-refractivity contribution in [2.45, 2.75) is 63.7 Å². The minimum atomic E-state index is -1.16. The highest BCUT2D eigenvalue weighted by atomic mass is 35.5. The van der Waals surface area contributed by atoms with Crippen LogP contribution in [0.15, 0.2) is 30.9 Å². The van der Waals surface area contributed by atoms with E-state index >= 15 is 0 Å². The normalized spacial score (nSPS) is 30.4. The quantitative estimate of drug-likeness (QED) is 0.377. The monoisotopic (exact) mass is 518 g/mol. The number of aliphatic hydroxyl groups is 1. The predicted molar refractivity (Wildman–Crippen MR) is 136 cm³/mol. The fraction of sp³-hybridized carbons (Fsp3) is 0.593. The number of esters is 1. The summed E-state index contributed by atoms with van der Waals surface area (Å²) in [6, 6.07) is 4.44. The third kappa shape index (κ3) is 3.85. The zero-order chi connectivity index (χ0) is 26.3. The smallest absolute Gasteiger partial charge is 0.312 e. The molecule has 196 valence electrons. The number of fused-ring (bicyclic) bond motifs is 1. The molecule has 3 aliphatic rings. The number of nitrogens with zero attached hydrogens (tertiary/aromatic N) is 2. The zero-order valence-corrected chi connectivity index (χ0v) is 21.9. The average molecular weight is 519 g/mol. The number of halogens is 1. The summed E-state index contributed by atoms with van der Waals surface area (Å²) >= 11 is 6.56. The van der Waals surface area contributed by atoms with Crippen molar-refractivity contribution in [3.05, 3.63) is 41.4 Å². The summed E-state index contributed by atoms with van der Waals surface area (Å²) in [5.41, 5.74) is -0.647. The second-order valence-corrected chi connectivity index (χ2v) is 10.2. The number of aliphatic hydroxyl groups excluding tert-OH is 1. The van der Waals surface area contributed by atoms with Gasteiger partial charge in [-0.25, -0.2) is 0 Å². The van der Waals surface area contributed by atoms with Gasteiger partial charge in [0.25, 0.3) is 5.91 Å². The van der Waals surface area contributed by atoms with Gasteiger partial charge in [-0.05, 0) is 51.2 Å². The summed E-state index contributed by atoms with van der Waals surface area (Å²) in [5, 5.41) is 9.95. The fourth-order valence-corrected chi connectivity index (χ4v) is 6.93. The van der Waals surface area contributed by atoms with Crippen LogP contribution in [0.3, 0.4) is 0 Å². The third-order valence-electron chi connectivity index (χ3n) is 8.05. The van der Waals surface area contributed by atoms with Crippen LogP contribution < -0.4 is 4.90 Å². The molecule has 2 unspecified atom stereocenters. The van der Waals surface area contributed by atoms with Gasteiger partial charge in [0.2, 0.25) is 5.91 Å². The molecule has 1 N–H and O–H groups in total. The molecule has 3 saturated heterocycles. The van der Waals surface area contributed by atoms with E-state index in [1.165, 1.54) is 4.90 Å². The van der Waals surface area contributed by atoms with Gasteiger partial charge >= 0.3 is 5.97 Å². The van der Waals surface area contributed by atoms with Crippen molar-refractivity contribution in [2.75, 3.05) is 31.2 Å². The van der Waals surface area contributed by atoms with Crippen molar-refractivity contribution in [1.29, 1.82) is 0 Å². The summed E-state index contributed by atoms with van der Waals surface area (Å²) in [4.78, 5) is 44.7. The van der Waals surface area contributed by atoms with E-state index in [2.05, 4.69) is 6.58 Å². The molecular formula is C27H35ClN2O6. The van der Waals surface area contributed by atoms with E-state index in [1.807, 2.05) is 26.0 Å². The van der Waals surface area contributed by atoms with Gasteiger partial charge in [-0.1, -0.05) is 36.7 Å². The SMILES string of the molecule is C=CCN(C(=O)C1N(CCCO)C(=O)[C@@H]2[C@@H](C(=O)OCC)[C@@]3(CC)CCC12O3)c1c(C)cccc1Cl. The van der Waals surface area contributed by atoms with Gasteiger partial charge in [0.15, 0.2) is 0 Å². The maximum atomic E-state index is 14.4. The minimum absolute atomic E-state index is 0.136. The van der Waals surface area contributed by atoms with Gasteiger partial charge in [-0.3, -0.25) is 14.4 Å². The fourth-order valence-electron chi connectivity index (χ4n) is 6.60. The number of carbonyl (C=O) groups excluding carboxylic acids is 3. The molecule has 0 aliphatic carbocycles. The van der Waals surface area contributed by atoms with Crippen LogP contribution in [-0.4, -0.2) is 71.3 Å². The van der Waals surface area contributed by atoms with E-state index in [-0.39, 0.29) is 38.1 Å². The average Bonchev–Trinajstić information content (AvgIpc) is 3.45. The Morgan fingerprint density at radius 1 is 1.36 bits per heavy atom. The number of benzene rings is 1. The first kappa shape index (κ1) is 26.6. The van der Waals surface area contributed by atoms with Crippen LogP contribution in [0.5, 0.6) is 0 Å². The Hall–Kier alpha value is -2.42. The van der Waals surface area contributed by atoms with Crippen LogP contribution in [0.1, 0.15) is 45.1 Å². The van der Waals surface area contributed by atoms with E-state index in [4.69, 9.17) is 21.1 Å². The summed E-state index contributed by atoms with van der Waals surface area (Å²) in [5.74, 6) is -2.70. The largest absolute Gasteiger partial charge is 0.466 e. The summed E-state index contributed by atoms with van der Waals surface area (Å²) < 4.78 is 12.1. The molecule has 8 nitrogen and oxygen atoms in total. The van der Waals surface area contributed by atoms with Crippen molar-refractivity contribution in [1.82, 2.24) is 4.90 Å². The first-order chi connectivity index (χ1) is 17.2. The lowest BCUT2D eigenvalue weighted by molar-refractivity contribution is -0.160. The van der Waals surface area contributed by atoms with Crippen LogP contribution in [-0.2, 0) is 23.9 Å². The molecule has 1 spiro atoms. The topological polar surface area (TPSA) is 96.4 Å². The molecule has 0 saturated carbocycles. The summed E-state index contributed by atoms with van der Waals surface area (Å²) in [6.07, 6.45) is 3.48. The predicted octanol–water partition coefficient (Wildman–Crippen LogP) is 3.27. The molecule has 1 aromatic carbocycles. The highest BCUT2D eigenvalue weighted by Crippen LogP contribution is 2.64. The van der Waals surface area contributed by atoms with Gasteiger partial charge in [0, 0.05) is 19.7 Å². The number of anilines is 1. The lowest BCUT2D eigenvalue weighted by Gasteiger charge is -2.37. The second kappa shape index (κ2) is 10.1. The maximum absolute atomic E-state index is 14.4. The third-order valence-corrected chi connectivity index (χ3v) is 8.35. The summed E-state index contributed by atoms with van der Waals surface area (Å²) in [6.45, 7) is 9.78. The van der Waals surface area contributed by atoms with Crippen molar-refractivity contribution in [3.63, 3.8) is 0 Å². The number of carbonyl (C=O) groups is 3. The number of para-hydroxylation sites is 1. The highest BCUT2D eigenvalue weighted by Gasteiger charge is 2.79. The van der Waals surface area contributed by atoms with Gasteiger partial charge in [0.1, 0.15) is 17.6 Å².